The largest absolute Gasteiger partial charge is 0.330 e. The van der Waals surface area contributed by atoms with Crippen LogP contribution in [0.25, 0.3) is 0 Å². The minimum Gasteiger partial charge on any atom is -0.330 e. The molecule has 1 amide bonds. The van der Waals surface area contributed by atoms with Gasteiger partial charge in [0.2, 0.25) is 5.91 Å². The molecule has 3 N–H and O–H groups in total. The number of rotatable bonds is 3. The van der Waals surface area contributed by atoms with Crippen LogP contribution in [0.15, 0.2) is 18.3 Å². The number of aromatic nitrogens is 1. The van der Waals surface area contributed by atoms with Crippen LogP contribution in [-0.2, 0) is 4.79 Å². The lowest BCUT2D eigenvalue weighted by atomic mass is 9.95. The van der Waals surface area contributed by atoms with Crippen LogP contribution in [0.1, 0.15) is 19.3 Å². The van der Waals surface area contributed by atoms with Crippen LogP contribution in [0.4, 0.5) is 10.2 Å². The van der Waals surface area contributed by atoms with Gasteiger partial charge in [0.1, 0.15) is 11.6 Å². The summed E-state index contributed by atoms with van der Waals surface area (Å²) in [5.41, 5.74) is 5.63. The van der Waals surface area contributed by atoms with Crippen molar-refractivity contribution in [2.45, 2.75) is 19.3 Å². The van der Waals surface area contributed by atoms with Crippen LogP contribution in [-0.4, -0.2) is 17.4 Å². The molecule has 92 valence electrons. The average Bonchev–Trinajstić information content (AvgIpc) is 2.80. The van der Waals surface area contributed by atoms with Gasteiger partial charge in [-0.05, 0) is 37.4 Å². The maximum atomic E-state index is 12.6. The highest BCUT2D eigenvalue weighted by Gasteiger charge is 2.31. The van der Waals surface area contributed by atoms with Gasteiger partial charge in [0.25, 0.3) is 0 Å². The molecular weight excluding hydrogens is 221 g/mol. The van der Waals surface area contributed by atoms with Crippen LogP contribution in [0, 0.1) is 17.7 Å². The first-order valence-electron chi connectivity index (χ1n) is 5.83. The van der Waals surface area contributed by atoms with Crippen LogP contribution < -0.4 is 11.1 Å². The molecule has 17 heavy (non-hydrogen) atoms. The second-order valence-corrected chi connectivity index (χ2v) is 4.38. The molecule has 2 unspecified atom stereocenters. The number of carbonyl (C=O) groups is 1. The monoisotopic (exact) mass is 237 g/mol. The van der Waals surface area contributed by atoms with Gasteiger partial charge in [-0.25, -0.2) is 9.37 Å². The number of nitrogens with zero attached hydrogens (tertiary/aromatic N) is 1. The van der Waals surface area contributed by atoms with Crippen LogP contribution in [0.3, 0.4) is 0 Å². The van der Waals surface area contributed by atoms with Crippen molar-refractivity contribution in [3.05, 3.63) is 24.1 Å². The van der Waals surface area contributed by atoms with Crippen molar-refractivity contribution < 1.29 is 9.18 Å². The molecular formula is C12H16FN3O. The van der Waals surface area contributed by atoms with E-state index in [1.54, 1.807) is 0 Å². The molecule has 0 radical (unpaired) electrons. The Kier molecular flexibility index (Phi) is 3.68. The maximum absolute atomic E-state index is 12.6. The topological polar surface area (TPSA) is 68.0 Å². The van der Waals surface area contributed by atoms with Crippen molar-refractivity contribution >= 4 is 11.7 Å². The Balaban J connectivity index is 1.99. The fourth-order valence-electron chi connectivity index (χ4n) is 2.33. The number of anilines is 1. The molecule has 1 aromatic heterocycles. The fraction of sp³-hybridized carbons (Fsp3) is 0.500. The summed E-state index contributed by atoms with van der Waals surface area (Å²) in [7, 11) is 0. The maximum Gasteiger partial charge on any atom is 0.228 e. The van der Waals surface area contributed by atoms with Gasteiger partial charge in [0.15, 0.2) is 0 Å². The third kappa shape index (κ3) is 2.79. The summed E-state index contributed by atoms with van der Waals surface area (Å²) in [6, 6.07) is 2.73. The van der Waals surface area contributed by atoms with Crippen molar-refractivity contribution in [3.63, 3.8) is 0 Å². The van der Waals surface area contributed by atoms with E-state index in [9.17, 15) is 9.18 Å². The summed E-state index contributed by atoms with van der Waals surface area (Å²) in [5, 5.41) is 2.70. The third-order valence-corrected chi connectivity index (χ3v) is 3.28. The number of halogens is 1. The van der Waals surface area contributed by atoms with Crippen LogP contribution in [0.5, 0.6) is 0 Å². The highest BCUT2D eigenvalue weighted by Crippen LogP contribution is 2.31. The Hall–Kier alpha value is -1.49. The molecule has 1 heterocycles. The van der Waals surface area contributed by atoms with E-state index in [1.165, 1.54) is 12.1 Å². The van der Waals surface area contributed by atoms with E-state index in [2.05, 4.69) is 10.3 Å². The highest BCUT2D eigenvalue weighted by atomic mass is 19.1. The summed E-state index contributed by atoms with van der Waals surface area (Å²) >= 11 is 0. The number of hydrogen-bond acceptors (Lipinski definition) is 3. The van der Waals surface area contributed by atoms with Crippen LogP contribution >= 0.6 is 0 Å². The second-order valence-electron chi connectivity index (χ2n) is 4.38. The lowest BCUT2D eigenvalue weighted by Crippen LogP contribution is -2.30. The highest BCUT2D eigenvalue weighted by molar-refractivity contribution is 5.92. The smallest absolute Gasteiger partial charge is 0.228 e. The molecule has 1 aliphatic carbocycles. The van der Waals surface area contributed by atoms with E-state index in [0.29, 0.717) is 12.4 Å². The van der Waals surface area contributed by atoms with Crippen molar-refractivity contribution in [2.75, 3.05) is 11.9 Å². The third-order valence-electron chi connectivity index (χ3n) is 3.28. The molecule has 0 spiro atoms. The quantitative estimate of drug-likeness (QED) is 0.837. The molecule has 0 saturated heterocycles. The Labute approximate surface area is 99.4 Å². The predicted octanol–water partition coefficient (Wildman–Crippen LogP) is 1.53. The molecule has 1 aromatic rings. The normalized spacial score (nSPS) is 23.6. The van der Waals surface area contributed by atoms with Gasteiger partial charge < -0.3 is 11.1 Å². The Morgan fingerprint density at radius 1 is 1.53 bits per heavy atom. The zero-order chi connectivity index (χ0) is 12.3. The first-order valence-corrected chi connectivity index (χ1v) is 5.83. The zero-order valence-electron chi connectivity index (χ0n) is 9.53. The van der Waals surface area contributed by atoms with Crippen molar-refractivity contribution in [1.82, 2.24) is 4.98 Å². The van der Waals surface area contributed by atoms with E-state index in [1.807, 2.05) is 0 Å². The summed E-state index contributed by atoms with van der Waals surface area (Å²) in [5.74, 6) is 0.141. The minimum atomic E-state index is -0.413. The summed E-state index contributed by atoms with van der Waals surface area (Å²) < 4.78 is 12.6. The number of hydrogen-bond donors (Lipinski definition) is 2. The van der Waals surface area contributed by atoms with E-state index in [4.69, 9.17) is 5.73 Å². The van der Waals surface area contributed by atoms with Gasteiger partial charge in [-0.3, -0.25) is 4.79 Å². The molecule has 0 aliphatic heterocycles. The van der Waals surface area contributed by atoms with Gasteiger partial charge in [0.05, 0.1) is 6.20 Å². The number of carbonyl (C=O) groups excluding carboxylic acids is 1. The zero-order valence-corrected chi connectivity index (χ0v) is 9.53. The van der Waals surface area contributed by atoms with Gasteiger partial charge >= 0.3 is 0 Å². The Bertz CT molecular complexity index is 393. The summed E-state index contributed by atoms with van der Waals surface area (Å²) in [4.78, 5) is 15.8. The average molecular weight is 237 g/mol. The minimum absolute atomic E-state index is 0.0353. The molecule has 0 aromatic carbocycles. The van der Waals surface area contributed by atoms with E-state index < -0.39 is 5.82 Å². The SMILES string of the molecule is NCC1CCCC1C(=O)Nc1ccc(F)cn1. The molecule has 1 saturated carbocycles. The predicted molar refractivity (Wildman–Crippen MR) is 62.7 cm³/mol. The standard InChI is InChI=1S/C12H16FN3O/c13-9-4-5-11(15-7-9)16-12(17)10-3-1-2-8(10)6-14/h4-5,7-8,10H,1-3,6,14H2,(H,15,16,17). The molecule has 1 fully saturated rings. The van der Waals surface area contributed by atoms with E-state index >= 15 is 0 Å². The van der Waals surface area contributed by atoms with Gasteiger partial charge in [-0.2, -0.15) is 0 Å². The molecule has 1 aliphatic rings. The number of nitrogens with one attached hydrogen (secondary N) is 1. The fourth-order valence-corrected chi connectivity index (χ4v) is 2.33. The summed E-state index contributed by atoms with van der Waals surface area (Å²) in [6.45, 7) is 0.537. The van der Waals surface area contributed by atoms with Crippen LogP contribution in [0.2, 0.25) is 0 Å². The lowest BCUT2D eigenvalue weighted by Gasteiger charge is -2.16. The second kappa shape index (κ2) is 5.23. The lowest BCUT2D eigenvalue weighted by molar-refractivity contribution is -0.120. The van der Waals surface area contributed by atoms with E-state index in [0.717, 1.165) is 25.5 Å². The number of pyridine rings is 1. The Morgan fingerprint density at radius 3 is 3.00 bits per heavy atom. The van der Waals surface area contributed by atoms with Gasteiger partial charge in [-0.15, -0.1) is 0 Å². The van der Waals surface area contributed by atoms with Crippen molar-refractivity contribution in [2.24, 2.45) is 17.6 Å². The van der Waals surface area contributed by atoms with Crippen molar-refractivity contribution in [3.8, 4) is 0 Å². The molecule has 0 bridgehead atoms. The van der Waals surface area contributed by atoms with Gasteiger partial charge in [0, 0.05) is 5.92 Å². The number of nitrogens with two attached hydrogens (primary N) is 1. The van der Waals surface area contributed by atoms with E-state index in [-0.39, 0.29) is 17.7 Å². The summed E-state index contributed by atoms with van der Waals surface area (Å²) in [6.07, 6.45) is 4.00. The molecule has 2 atom stereocenters. The molecule has 4 nitrogen and oxygen atoms in total. The number of amides is 1. The molecule has 2 rings (SSSR count). The van der Waals surface area contributed by atoms with Crippen molar-refractivity contribution in [1.29, 1.82) is 0 Å². The molecule has 5 heteroatoms. The first-order chi connectivity index (χ1) is 8.20. The Morgan fingerprint density at radius 2 is 2.35 bits per heavy atom. The first kappa shape index (κ1) is 12.0. The van der Waals surface area contributed by atoms with Gasteiger partial charge in [-0.1, -0.05) is 6.42 Å².